The lowest BCUT2D eigenvalue weighted by atomic mass is 10.2. The van der Waals surface area contributed by atoms with Crippen molar-refractivity contribution < 1.29 is 9.53 Å². The maximum Gasteiger partial charge on any atom is 0.270 e. The van der Waals surface area contributed by atoms with Crippen LogP contribution in [0.3, 0.4) is 0 Å². The van der Waals surface area contributed by atoms with E-state index in [2.05, 4.69) is 25.5 Å². The van der Waals surface area contributed by atoms with E-state index in [4.69, 9.17) is 16.3 Å². The molecular weight excluding hydrogens is 366 g/mol. The molecule has 144 valence electrons. The van der Waals surface area contributed by atoms with Gasteiger partial charge in [0.15, 0.2) is 0 Å². The molecule has 0 bridgehead atoms. The van der Waals surface area contributed by atoms with Crippen LogP contribution in [0.25, 0.3) is 0 Å². The molecule has 27 heavy (non-hydrogen) atoms. The molecule has 1 aliphatic rings. The Labute approximate surface area is 164 Å². The monoisotopic (exact) mass is 389 g/mol. The largest absolute Gasteiger partial charge is 0.379 e. The van der Waals surface area contributed by atoms with E-state index < -0.39 is 0 Å². The molecule has 1 aromatic heterocycles. The van der Waals surface area contributed by atoms with Gasteiger partial charge in [-0.3, -0.25) is 9.69 Å². The molecule has 1 aromatic carbocycles. The Bertz CT molecular complexity index is 809. The first-order chi connectivity index (χ1) is 13.0. The van der Waals surface area contributed by atoms with Gasteiger partial charge in [-0.15, -0.1) is 0 Å². The number of rotatable bonds is 6. The zero-order valence-electron chi connectivity index (χ0n) is 15.6. The van der Waals surface area contributed by atoms with E-state index in [1.54, 1.807) is 13.0 Å². The summed E-state index contributed by atoms with van der Waals surface area (Å²) in [6, 6.07) is 7.32. The van der Waals surface area contributed by atoms with Crippen molar-refractivity contribution >= 4 is 29.0 Å². The SMILES string of the molecule is Cc1nc(Nc2ccc(C)c(Cl)c2)cc(C(=O)NCCN2CCOCC2)n1. The number of aryl methyl sites for hydroxylation is 2. The van der Waals surface area contributed by atoms with Crippen LogP contribution in [0.15, 0.2) is 24.3 Å². The van der Waals surface area contributed by atoms with E-state index in [9.17, 15) is 4.79 Å². The average Bonchev–Trinajstić information content (AvgIpc) is 2.65. The number of ether oxygens (including phenoxy) is 1. The highest BCUT2D eigenvalue weighted by molar-refractivity contribution is 6.31. The average molecular weight is 390 g/mol. The molecule has 1 aliphatic heterocycles. The van der Waals surface area contributed by atoms with Crippen molar-refractivity contribution in [3.8, 4) is 0 Å². The minimum atomic E-state index is -0.209. The smallest absolute Gasteiger partial charge is 0.270 e. The van der Waals surface area contributed by atoms with Crippen molar-refractivity contribution in [3.05, 3.63) is 46.4 Å². The van der Waals surface area contributed by atoms with Gasteiger partial charge >= 0.3 is 0 Å². The van der Waals surface area contributed by atoms with Crippen LogP contribution in [0.2, 0.25) is 5.02 Å². The Morgan fingerprint density at radius 2 is 2.00 bits per heavy atom. The summed E-state index contributed by atoms with van der Waals surface area (Å²) in [7, 11) is 0. The van der Waals surface area contributed by atoms with Gasteiger partial charge in [0, 0.05) is 43.0 Å². The minimum absolute atomic E-state index is 0.209. The Hall–Kier alpha value is -2.22. The van der Waals surface area contributed by atoms with Gasteiger partial charge in [0.2, 0.25) is 0 Å². The number of nitrogens with one attached hydrogen (secondary N) is 2. The van der Waals surface area contributed by atoms with Gasteiger partial charge in [-0.1, -0.05) is 17.7 Å². The molecule has 8 heteroatoms. The molecule has 0 unspecified atom stereocenters. The summed E-state index contributed by atoms with van der Waals surface area (Å²) >= 11 is 6.17. The fourth-order valence-electron chi connectivity index (χ4n) is 2.81. The molecule has 0 radical (unpaired) electrons. The van der Waals surface area contributed by atoms with Gasteiger partial charge in [-0.2, -0.15) is 0 Å². The first kappa shape index (κ1) is 19.5. The fraction of sp³-hybridized carbons (Fsp3) is 0.421. The number of anilines is 2. The lowest BCUT2D eigenvalue weighted by molar-refractivity contribution is 0.0383. The van der Waals surface area contributed by atoms with Crippen molar-refractivity contribution in [2.24, 2.45) is 0 Å². The topological polar surface area (TPSA) is 79.4 Å². The molecule has 0 atom stereocenters. The lowest BCUT2D eigenvalue weighted by Gasteiger charge is -2.26. The van der Waals surface area contributed by atoms with Crippen LogP contribution in [0.4, 0.5) is 11.5 Å². The number of halogens is 1. The number of nitrogens with zero attached hydrogens (tertiary/aromatic N) is 3. The van der Waals surface area contributed by atoms with E-state index in [-0.39, 0.29) is 5.91 Å². The molecule has 1 amide bonds. The third kappa shape index (κ3) is 5.63. The van der Waals surface area contributed by atoms with Crippen LogP contribution >= 0.6 is 11.6 Å². The molecule has 1 fully saturated rings. The van der Waals surface area contributed by atoms with Crippen molar-refractivity contribution in [3.63, 3.8) is 0 Å². The zero-order valence-corrected chi connectivity index (χ0v) is 16.3. The molecule has 1 saturated heterocycles. The highest BCUT2D eigenvalue weighted by atomic mass is 35.5. The van der Waals surface area contributed by atoms with Gasteiger partial charge in [-0.25, -0.2) is 9.97 Å². The normalized spacial score (nSPS) is 14.8. The van der Waals surface area contributed by atoms with Gasteiger partial charge in [-0.05, 0) is 31.5 Å². The quantitative estimate of drug-likeness (QED) is 0.790. The maximum atomic E-state index is 12.4. The number of amides is 1. The predicted molar refractivity (Wildman–Crippen MR) is 106 cm³/mol. The highest BCUT2D eigenvalue weighted by Crippen LogP contribution is 2.22. The number of benzene rings is 1. The Morgan fingerprint density at radius 3 is 2.74 bits per heavy atom. The Balaban J connectivity index is 1.61. The molecular formula is C19H24ClN5O2. The van der Waals surface area contributed by atoms with Crippen LogP contribution in [0.1, 0.15) is 21.9 Å². The third-order valence-electron chi connectivity index (χ3n) is 4.33. The second kappa shape index (κ2) is 9.12. The second-order valence-electron chi connectivity index (χ2n) is 6.48. The highest BCUT2D eigenvalue weighted by Gasteiger charge is 2.13. The van der Waals surface area contributed by atoms with Crippen LogP contribution in [-0.4, -0.2) is 60.2 Å². The van der Waals surface area contributed by atoms with Crippen molar-refractivity contribution in [1.29, 1.82) is 0 Å². The van der Waals surface area contributed by atoms with Crippen LogP contribution in [0, 0.1) is 13.8 Å². The summed E-state index contributed by atoms with van der Waals surface area (Å²) in [4.78, 5) is 23.3. The van der Waals surface area contributed by atoms with Gasteiger partial charge < -0.3 is 15.4 Å². The number of hydrogen-bond donors (Lipinski definition) is 2. The summed E-state index contributed by atoms with van der Waals surface area (Å²) in [5.41, 5.74) is 2.15. The first-order valence-corrected chi connectivity index (χ1v) is 9.36. The molecule has 2 heterocycles. The molecule has 2 N–H and O–H groups in total. The fourth-order valence-corrected chi connectivity index (χ4v) is 2.99. The maximum absolute atomic E-state index is 12.4. The minimum Gasteiger partial charge on any atom is -0.379 e. The second-order valence-corrected chi connectivity index (χ2v) is 6.89. The zero-order chi connectivity index (χ0) is 19.2. The van der Waals surface area contributed by atoms with Gasteiger partial charge in [0.25, 0.3) is 5.91 Å². The number of carbonyl (C=O) groups excluding carboxylic acids is 1. The molecule has 3 rings (SSSR count). The van der Waals surface area contributed by atoms with E-state index in [1.165, 1.54) is 0 Å². The number of morpholine rings is 1. The summed E-state index contributed by atoms with van der Waals surface area (Å²) in [6.45, 7) is 8.36. The third-order valence-corrected chi connectivity index (χ3v) is 4.74. The summed E-state index contributed by atoms with van der Waals surface area (Å²) in [5.74, 6) is 0.871. The van der Waals surface area contributed by atoms with Crippen molar-refractivity contribution in [2.45, 2.75) is 13.8 Å². The number of carbonyl (C=O) groups is 1. The first-order valence-electron chi connectivity index (χ1n) is 8.98. The van der Waals surface area contributed by atoms with Crippen molar-refractivity contribution in [1.82, 2.24) is 20.2 Å². The molecule has 0 saturated carbocycles. The number of hydrogen-bond acceptors (Lipinski definition) is 6. The van der Waals surface area contributed by atoms with Crippen LogP contribution < -0.4 is 10.6 Å². The predicted octanol–water partition coefficient (Wildman–Crippen LogP) is 2.55. The molecule has 0 spiro atoms. The van der Waals surface area contributed by atoms with Crippen LogP contribution in [0.5, 0.6) is 0 Å². The van der Waals surface area contributed by atoms with Crippen LogP contribution in [-0.2, 0) is 4.74 Å². The van der Waals surface area contributed by atoms with Gasteiger partial charge in [0.05, 0.1) is 13.2 Å². The Kier molecular flexibility index (Phi) is 6.60. The molecule has 2 aromatic rings. The molecule has 0 aliphatic carbocycles. The summed E-state index contributed by atoms with van der Waals surface area (Å²) < 4.78 is 5.32. The van der Waals surface area contributed by atoms with Crippen molar-refractivity contribution in [2.75, 3.05) is 44.7 Å². The van der Waals surface area contributed by atoms with E-state index in [0.29, 0.717) is 28.9 Å². The van der Waals surface area contributed by atoms with E-state index in [1.807, 2.05) is 25.1 Å². The summed E-state index contributed by atoms with van der Waals surface area (Å²) in [5, 5.41) is 6.77. The van der Waals surface area contributed by atoms with E-state index >= 15 is 0 Å². The van der Waals surface area contributed by atoms with E-state index in [0.717, 1.165) is 44.1 Å². The molecule has 7 nitrogen and oxygen atoms in total. The van der Waals surface area contributed by atoms with Gasteiger partial charge in [0.1, 0.15) is 17.3 Å². The Morgan fingerprint density at radius 1 is 1.22 bits per heavy atom. The standard InChI is InChI=1S/C19H24ClN5O2/c1-13-3-4-15(11-16(13)20)24-18-12-17(22-14(2)23-18)19(26)21-5-6-25-7-9-27-10-8-25/h3-4,11-12H,5-10H2,1-2H3,(H,21,26)(H,22,23,24). The number of aromatic nitrogens is 2. The lowest BCUT2D eigenvalue weighted by Crippen LogP contribution is -2.41. The summed E-state index contributed by atoms with van der Waals surface area (Å²) in [6.07, 6.45) is 0.